The summed E-state index contributed by atoms with van der Waals surface area (Å²) in [4.78, 5) is 16.5. The molecule has 2 N–H and O–H groups in total. The number of carbonyl (C=O) groups excluding carboxylic acids is 1. The average molecular weight is 382 g/mol. The number of anilines is 2. The first-order valence-electron chi connectivity index (χ1n) is 8.54. The van der Waals surface area contributed by atoms with Crippen LogP contribution in [-0.4, -0.2) is 24.5 Å². The van der Waals surface area contributed by atoms with Crippen LogP contribution in [0, 0.1) is 0 Å². The van der Waals surface area contributed by atoms with Crippen molar-refractivity contribution in [1.29, 1.82) is 0 Å². The minimum atomic E-state index is -0.299. The van der Waals surface area contributed by atoms with Crippen LogP contribution < -0.4 is 15.4 Å². The molecule has 0 radical (unpaired) electrons. The molecule has 0 aliphatic carbocycles. The van der Waals surface area contributed by atoms with E-state index in [9.17, 15) is 4.79 Å². The first kappa shape index (κ1) is 18.7. The molecule has 5 nitrogen and oxygen atoms in total. The first-order chi connectivity index (χ1) is 13.2. The standard InChI is InChI=1S/C21H20ClN3O2/c1-27-20-10-8-16(13-18(20)22)25-21(26)19-9-7-17(14-24-19)23-12-11-15-5-3-2-4-6-15/h2-10,13-14,23H,11-12H2,1H3,(H,25,26). The van der Waals surface area contributed by atoms with Gasteiger partial charge in [0.1, 0.15) is 11.4 Å². The molecule has 138 valence electrons. The van der Waals surface area contributed by atoms with E-state index in [0.717, 1.165) is 18.7 Å². The third-order valence-electron chi connectivity index (χ3n) is 3.99. The van der Waals surface area contributed by atoms with E-state index in [1.54, 1.807) is 37.6 Å². The van der Waals surface area contributed by atoms with Gasteiger partial charge in [0.05, 0.1) is 24.0 Å². The van der Waals surface area contributed by atoms with Gasteiger partial charge in [-0.2, -0.15) is 0 Å². The molecule has 0 unspecified atom stereocenters. The summed E-state index contributed by atoms with van der Waals surface area (Å²) in [6, 6.07) is 18.8. The van der Waals surface area contributed by atoms with E-state index in [4.69, 9.17) is 16.3 Å². The number of hydrogen-bond donors (Lipinski definition) is 2. The third kappa shape index (κ3) is 5.21. The van der Waals surface area contributed by atoms with Crippen molar-refractivity contribution in [2.75, 3.05) is 24.3 Å². The van der Waals surface area contributed by atoms with Crippen LogP contribution in [0.15, 0.2) is 66.9 Å². The molecule has 0 aliphatic heterocycles. The van der Waals surface area contributed by atoms with Crippen LogP contribution in [0.1, 0.15) is 16.1 Å². The van der Waals surface area contributed by atoms with Gasteiger partial charge in [0.2, 0.25) is 0 Å². The summed E-state index contributed by atoms with van der Waals surface area (Å²) in [6.45, 7) is 0.793. The molecule has 3 rings (SSSR count). The van der Waals surface area contributed by atoms with Gasteiger partial charge in [-0.15, -0.1) is 0 Å². The number of halogens is 1. The molecule has 0 saturated carbocycles. The molecular formula is C21H20ClN3O2. The molecule has 0 atom stereocenters. The van der Waals surface area contributed by atoms with Gasteiger partial charge < -0.3 is 15.4 Å². The predicted molar refractivity (Wildman–Crippen MR) is 109 cm³/mol. The van der Waals surface area contributed by atoms with Crippen LogP contribution in [0.3, 0.4) is 0 Å². The number of methoxy groups -OCH3 is 1. The highest BCUT2D eigenvalue weighted by Gasteiger charge is 2.09. The van der Waals surface area contributed by atoms with Crippen molar-refractivity contribution in [2.24, 2.45) is 0 Å². The van der Waals surface area contributed by atoms with Crippen molar-refractivity contribution in [2.45, 2.75) is 6.42 Å². The van der Waals surface area contributed by atoms with Gasteiger partial charge in [-0.3, -0.25) is 4.79 Å². The lowest BCUT2D eigenvalue weighted by Gasteiger charge is -2.09. The number of carbonyl (C=O) groups is 1. The molecule has 0 fully saturated rings. The van der Waals surface area contributed by atoms with Crippen LogP contribution in [0.2, 0.25) is 5.02 Å². The number of rotatable bonds is 7. The number of nitrogens with one attached hydrogen (secondary N) is 2. The van der Waals surface area contributed by atoms with Crippen molar-refractivity contribution >= 4 is 28.9 Å². The Hall–Kier alpha value is -3.05. The van der Waals surface area contributed by atoms with Crippen LogP contribution in [0.5, 0.6) is 5.75 Å². The lowest BCUT2D eigenvalue weighted by Crippen LogP contribution is -2.14. The summed E-state index contributed by atoms with van der Waals surface area (Å²) in [6.07, 6.45) is 2.57. The van der Waals surface area contributed by atoms with Gasteiger partial charge in [0.25, 0.3) is 5.91 Å². The molecule has 27 heavy (non-hydrogen) atoms. The molecule has 6 heteroatoms. The number of hydrogen-bond acceptors (Lipinski definition) is 4. The molecule has 1 heterocycles. The highest BCUT2D eigenvalue weighted by molar-refractivity contribution is 6.32. The van der Waals surface area contributed by atoms with E-state index in [2.05, 4.69) is 27.8 Å². The monoisotopic (exact) mass is 381 g/mol. The fourth-order valence-electron chi connectivity index (χ4n) is 2.57. The Labute approximate surface area is 163 Å². The number of aromatic nitrogens is 1. The maximum Gasteiger partial charge on any atom is 0.274 e. The summed E-state index contributed by atoms with van der Waals surface area (Å²) < 4.78 is 5.10. The highest BCUT2D eigenvalue weighted by atomic mass is 35.5. The Morgan fingerprint density at radius 3 is 2.52 bits per heavy atom. The molecule has 0 saturated heterocycles. The number of ether oxygens (including phenoxy) is 1. The van der Waals surface area contributed by atoms with Crippen LogP contribution >= 0.6 is 11.6 Å². The Morgan fingerprint density at radius 2 is 1.85 bits per heavy atom. The summed E-state index contributed by atoms with van der Waals surface area (Å²) in [5, 5.41) is 6.51. The summed E-state index contributed by atoms with van der Waals surface area (Å²) in [5.74, 6) is 0.255. The SMILES string of the molecule is COc1ccc(NC(=O)c2ccc(NCCc3ccccc3)cn2)cc1Cl. The van der Waals surface area contributed by atoms with Crippen molar-refractivity contribution in [3.8, 4) is 5.75 Å². The normalized spacial score (nSPS) is 10.3. The van der Waals surface area contributed by atoms with E-state index in [0.29, 0.717) is 22.2 Å². The summed E-state index contributed by atoms with van der Waals surface area (Å²) in [5.41, 5.74) is 3.05. The van der Waals surface area contributed by atoms with Crippen molar-refractivity contribution in [1.82, 2.24) is 4.98 Å². The Bertz CT molecular complexity index is 899. The lowest BCUT2D eigenvalue weighted by molar-refractivity contribution is 0.102. The molecule has 0 bridgehead atoms. The second kappa shape index (κ2) is 9.05. The summed E-state index contributed by atoms with van der Waals surface area (Å²) >= 11 is 6.07. The predicted octanol–water partition coefficient (Wildman–Crippen LogP) is 4.65. The van der Waals surface area contributed by atoms with Crippen molar-refractivity contribution in [3.05, 3.63) is 83.1 Å². The third-order valence-corrected chi connectivity index (χ3v) is 4.29. The Balaban J connectivity index is 1.54. The average Bonchev–Trinajstić information content (AvgIpc) is 2.69. The molecular weight excluding hydrogens is 362 g/mol. The van der Waals surface area contributed by atoms with Gasteiger partial charge >= 0.3 is 0 Å². The van der Waals surface area contributed by atoms with Crippen LogP contribution in [-0.2, 0) is 6.42 Å². The first-order valence-corrected chi connectivity index (χ1v) is 8.92. The Kier molecular flexibility index (Phi) is 6.28. The lowest BCUT2D eigenvalue weighted by atomic mass is 10.1. The molecule has 0 spiro atoms. The zero-order chi connectivity index (χ0) is 19.1. The van der Waals surface area contributed by atoms with E-state index >= 15 is 0 Å². The zero-order valence-electron chi connectivity index (χ0n) is 14.9. The fourth-order valence-corrected chi connectivity index (χ4v) is 2.83. The van der Waals surface area contributed by atoms with Crippen LogP contribution in [0.4, 0.5) is 11.4 Å². The van der Waals surface area contributed by atoms with Crippen molar-refractivity contribution in [3.63, 3.8) is 0 Å². The zero-order valence-corrected chi connectivity index (χ0v) is 15.7. The number of pyridine rings is 1. The van der Waals surface area contributed by atoms with E-state index in [-0.39, 0.29) is 5.91 Å². The molecule has 2 aromatic carbocycles. The van der Waals surface area contributed by atoms with Gasteiger partial charge in [0, 0.05) is 12.2 Å². The number of amides is 1. The second-order valence-electron chi connectivity index (χ2n) is 5.90. The number of benzene rings is 2. The molecule has 0 aliphatic rings. The van der Waals surface area contributed by atoms with E-state index < -0.39 is 0 Å². The van der Waals surface area contributed by atoms with Crippen LogP contribution in [0.25, 0.3) is 0 Å². The van der Waals surface area contributed by atoms with E-state index in [1.807, 2.05) is 24.3 Å². The molecule has 3 aromatic rings. The smallest absolute Gasteiger partial charge is 0.274 e. The minimum Gasteiger partial charge on any atom is -0.495 e. The molecule has 1 aromatic heterocycles. The quantitative estimate of drug-likeness (QED) is 0.625. The second-order valence-corrected chi connectivity index (χ2v) is 6.31. The topological polar surface area (TPSA) is 63.2 Å². The van der Waals surface area contributed by atoms with Gasteiger partial charge in [-0.05, 0) is 42.3 Å². The van der Waals surface area contributed by atoms with Gasteiger partial charge in [-0.1, -0.05) is 41.9 Å². The maximum atomic E-state index is 12.3. The largest absolute Gasteiger partial charge is 0.495 e. The molecule has 1 amide bonds. The van der Waals surface area contributed by atoms with E-state index in [1.165, 1.54) is 5.56 Å². The summed E-state index contributed by atoms with van der Waals surface area (Å²) in [7, 11) is 1.54. The van der Waals surface area contributed by atoms with Crippen molar-refractivity contribution < 1.29 is 9.53 Å². The van der Waals surface area contributed by atoms with Gasteiger partial charge in [-0.25, -0.2) is 4.98 Å². The fraction of sp³-hybridized carbons (Fsp3) is 0.143. The number of nitrogens with zero attached hydrogens (tertiary/aromatic N) is 1. The Morgan fingerprint density at radius 1 is 1.07 bits per heavy atom. The minimum absolute atomic E-state index is 0.299. The maximum absolute atomic E-state index is 12.3. The highest BCUT2D eigenvalue weighted by Crippen LogP contribution is 2.27. The van der Waals surface area contributed by atoms with Gasteiger partial charge in [0.15, 0.2) is 0 Å².